The number of aliphatic imine (C=N–C) groups is 1. The van der Waals surface area contributed by atoms with Crippen LogP contribution in [0, 0.1) is 69.0 Å². The lowest BCUT2D eigenvalue weighted by atomic mass is 9.76. The summed E-state index contributed by atoms with van der Waals surface area (Å²) in [6.45, 7) is 2.45. The quantitative estimate of drug-likeness (QED) is 0.554. The Morgan fingerprint density at radius 3 is 2.03 bits per heavy atom. The first kappa shape index (κ1) is 24.8. The van der Waals surface area contributed by atoms with Crippen LogP contribution < -0.4 is 0 Å². The Morgan fingerprint density at radius 2 is 1.48 bits per heavy atom. The van der Waals surface area contributed by atoms with Gasteiger partial charge in [-0.3, -0.25) is 9.79 Å². The number of ether oxygens (including phenoxy) is 2. The lowest BCUT2D eigenvalue weighted by Gasteiger charge is -2.31. The second-order valence-corrected chi connectivity index (χ2v) is 7.38. The Hall–Kier alpha value is -4.47. The van der Waals surface area contributed by atoms with Gasteiger partial charge in [-0.2, -0.15) is 21.0 Å². The van der Waals surface area contributed by atoms with Crippen LogP contribution in [0.4, 0.5) is 0 Å². The molecule has 1 heterocycles. The highest BCUT2D eigenvalue weighted by atomic mass is 16.5. The smallest absolute Gasteiger partial charge is 0.336 e. The number of carbonyl (C=O) groups is 2. The molecule has 2 atom stereocenters. The largest absolute Gasteiger partial charge is 0.463 e. The Kier molecular flexibility index (Phi) is 8.86. The van der Waals surface area contributed by atoms with Gasteiger partial charge in [0.2, 0.25) is 0 Å². The van der Waals surface area contributed by atoms with Gasteiger partial charge >= 0.3 is 11.9 Å². The summed E-state index contributed by atoms with van der Waals surface area (Å²) in [5.41, 5.74) is 1.79. The van der Waals surface area contributed by atoms with Crippen molar-refractivity contribution in [1.82, 2.24) is 0 Å². The maximum atomic E-state index is 13.0. The molecule has 0 saturated heterocycles. The molecule has 9 heteroatoms. The molecule has 0 radical (unpaired) electrons. The van der Waals surface area contributed by atoms with Crippen LogP contribution in [0.1, 0.15) is 19.4 Å². The highest BCUT2D eigenvalue weighted by Crippen LogP contribution is 2.35. The van der Waals surface area contributed by atoms with Gasteiger partial charge in [0, 0.05) is 17.3 Å². The van der Waals surface area contributed by atoms with E-state index in [1.54, 1.807) is 38.1 Å². The predicted octanol–water partition coefficient (Wildman–Crippen LogP) is 2.62. The fraction of sp³-hybridized carbons (Fsp3) is 0.375. The SMILES string of the molecule is CC1=NC(C)=C(C(=O)OCC(C#N)C#N)C(Cc2ccccc2)C1C(=O)OCC(C#N)C#N. The van der Waals surface area contributed by atoms with Gasteiger partial charge in [-0.15, -0.1) is 0 Å². The maximum Gasteiger partial charge on any atom is 0.336 e. The highest BCUT2D eigenvalue weighted by Gasteiger charge is 2.41. The molecule has 0 aliphatic carbocycles. The molecule has 0 N–H and O–H groups in total. The summed E-state index contributed by atoms with van der Waals surface area (Å²) in [4.78, 5) is 30.3. The number of nitrogens with zero attached hydrogens (tertiary/aromatic N) is 5. The standard InChI is InChI=1S/C24H21N5O4/c1-15-21(23(30)32-13-18(9-25)10-26)20(8-17-6-4-3-5-7-17)22(16(2)29-15)24(31)33-14-19(11-27)12-28/h3-7,18-21H,8,13-14H2,1-2H3. The molecule has 0 fully saturated rings. The minimum atomic E-state index is -1.12. The maximum absolute atomic E-state index is 13.0. The molecule has 1 aliphatic heterocycles. The second kappa shape index (κ2) is 11.8. The third-order valence-electron chi connectivity index (χ3n) is 5.13. The average molecular weight is 443 g/mol. The molecule has 2 rings (SSSR count). The van der Waals surface area contributed by atoms with E-state index >= 15 is 0 Å². The fourth-order valence-corrected chi connectivity index (χ4v) is 3.54. The summed E-state index contributed by atoms with van der Waals surface area (Å²) >= 11 is 0. The molecule has 33 heavy (non-hydrogen) atoms. The summed E-state index contributed by atoms with van der Waals surface area (Å²) in [5.74, 6) is -5.36. The fourth-order valence-electron chi connectivity index (χ4n) is 3.54. The van der Waals surface area contributed by atoms with Crippen molar-refractivity contribution in [3.8, 4) is 24.3 Å². The topological polar surface area (TPSA) is 160 Å². The molecule has 166 valence electrons. The molecular weight excluding hydrogens is 422 g/mol. The lowest BCUT2D eigenvalue weighted by Crippen LogP contribution is -2.39. The summed E-state index contributed by atoms with van der Waals surface area (Å²) in [6, 6.07) is 16.2. The number of nitriles is 4. The van der Waals surface area contributed by atoms with Crippen LogP contribution in [0.25, 0.3) is 0 Å². The Balaban J connectivity index is 2.40. The van der Waals surface area contributed by atoms with Crippen molar-refractivity contribution in [2.24, 2.45) is 28.7 Å². The van der Waals surface area contributed by atoms with Crippen LogP contribution in [-0.4, -0.2) is 30.9 Å². The van der Waals surface area contributed by atoms with E-state index in [-0.39, 0.29) is 12.0 Å². The Morgan fingerprint density at radius 1 is 0.939 bits per heavy atom. The molecule has 2 unspecified atom stereocenters. The van der Waals surface area contributed by atoms with Crippen molar-refractivity contribution in [2.75, 3.05) is 13.2 Å². The monoisotopic (exact) mass is 443 g/mol. The predicted molar refractivity (Wildman–Crippen MR) is 114 cm³/mol. The van der Waals surface area contributed by atoms with E-state index in [9.17, 15) is 9.59 Å². The average Bonchev–Trinajstić information content (AvgIpc) is 2.80. The molecule has 0 saturated carbocycles. The molecule has 1 aliphatic rings. The number of benzene rings is 1. The van der Waals surface area contributed by atoms with Gasteiger partial charge in [0.15, 0.2) is 11.8 Å². The van der Waals surface area contributed by atoms with Crippen LogP contribution >= 0.6 is 0 Å². The Bertz CT molecular complexity index is 1100. The van der Waals surface area contributed by atoms with Crippen molar-refractivity contribution in [2.45, 2.75) is 20.3 Å². The number of hydrogen-bond acceptors (Lipinski definition) is 9. The molecule has 1 aromatic carbocycles. The van der Waals surface area contributed by atoms with Gasteiger partial charge < -0.3 is 9.47 Å². The van der Waals surface area contributed by atoms with E-state index in [4.69, 9.17) is 30.5 Å². The van der Waals surface area contributed by atoms with Crippen LogP contribution in [0.15, 0.2) is 46.6 Å². The number of hydrogen-bond donors (Lipinski definition) is 0. The van der Waals surface area contributed by atoms with Crippen molar-refractivity contribution in [1.29, 1.82) is 21.0 Å². The first-order valence-electron chi connectivity index (χ1n) is 10.1. The molecule has 9 nitrogen and oxygen atoms in total. The Labute approximate surface area is 191 Å². The summed E-state index contributed by atoms with van der Waals surface area (Å²) < 4.78 is 10.4. The molecule has 0 aromatic heterocycles. The van der Waals surface area contributed by atoms with Gasteiger partial charge in [0.1, 0.15) is 19.1 Å². The minimum absolute atomic E-state index is 0.151. The van der Waals surface area contributed by atoms with E-state index in [0.717, 1.165) is 5.56 Å². The van der Waals surface area contributed by atoms with Crippen molar-refractivity contribution >= 4 is 17.7 Å². The van der Waals surface area contributed by atoms with Gasteiger partial charge in [-0.05, 0) is 25.8 Å². The minimum Gasteiger partial charge on any atom is -0.463 e. The zero-order chi connectivity index (χ0) is 24.4. The molecule has 1 aromatic rings. The molecule has 0 bridgehead atoms. The van der Waals surface area contributed by atoms with E-state index < -0.39 is 48.8 Å². The molecular formula is C24H21N5O4. The third-order valence-corrected chi connectivity index (χ3v) is 5.13. The van der Waals surface area contributed by atoms with E-state index in [2.05, 4.69) is 4.99 Å². The van der Waals surface area contributed by atoms with Crippen LogP contribution in [0.2, 0.25) is 0 Å². The highest BCUT2D eigenvalue weighted by molar-refractivity contribution is 6.05. The van der Waals surface area contributed by atoms with Crippen molar-refractivity contribution < 1.29 is 19.1 Å². The van der Waals surface area contributed by atoms with Gasteiger partial charge in [0.05, 0.1) is 29.8 Å². The van der Waals surface area contributed by atoms with Gasteiger partial charge in [0.25, 0.3) is 0 Å². The number of rotatable bonds is 8. The van der Waals surface area contributed by atoms with E-state index in [1.807, 2.05) is 30.3 Å². The molecule has 0 spiro atoms. The zero-order valence-corrected chi connectivity index (χ0v) is 18.2. The van der Waals surface area contributed by atoms with Crippen LogP contribution in [0.3, 0.4) is 0 Å². The molecule has 0 amide bonds. The third kappa shape index (κ3) is 6.26. The van der Waals surface area contributed by atoms with Crippen LogP contribution in [0.5, 0.6) is 0 Å². The van der Waals surface area contributed by atoms with E-state index in [0.29, 0.717) is 11.4 Å². The second-order valence-electron chi connectivity index (χ2n) is 7.38. The first-order valence-corrected chi connectivity index (χ1v) is 10.1. The lowest BCUT2D eigenvalue weighted by molar-refractivity contribution is -0.148. The number of carbonyl (C=O) groups excluding carboxylic acids is 2. The number of esters is 2. The van der Waals surface area contributed by atoms with Gasteiger partial charge in [-0.1, -0.05) is 30.3 Å². The van der Waals surface area contributed by atoms with Crippen LogP contribution in [-0.2, 0) is 25.5 Å². The van der Waals surface area contributed by atoms with Crippen molar-refractivity contribution in [3.05, 3.63) is 47.2 Å². The van der Waals surface area contributed by atoms with Gasteiger partial charge in [-0.25, -0.2) is 4.79 Å². The van der Waals surface area contributed by atoms with Crippen molar-refractivity contribution in [3.63, 3.8) is 0 Å². The first-order chi connectivity index (χ1) is 15.9. The van der Waals surface area contributed by atoms with E-state index in [1.165, 1.54) is 0 Å². The normalized spacial score (nSPS) is 17.3. The summed E-state index contributed by atoms with van der Waals surface area (Å²) in [7, 11) is 0. The summed E-state index contributed by atoms with van der Waals surface area (Å²) in [5, 5.41) is 35.8. The number of allylic oxidation sites excluding steroid dienone is 1. The summed E-state index contributed by atoms with van der Waals surface area (Å²) in [6.07, 6.45) is 0.287. The zero-order valence-electron chi connectivity index (χ0n) is 18.2.